The Morgan fingerprint density at radius 1 is 1.16 bits per heavy atom. The van der Waals surface area contributed by atoms with Crippen molar-refractivity contribution in [3.63, 3.8) is 0 Å². The number of unbranched alkanes of at least 4 members (excludes halogenated alkanes) is 1. The molecule has 0 spiro atoms. The van der Waals surface area contributed by atoms with Gasteiger partial charge in [-0.05, 0) is 73.2 Å². The number of ether oxygens (including phenoxy) is 1. The van der Waals surface area contributed by atoms with E-state index in [1.54, 1.807) is 54.6 Å². The van der Waals surface area contributed by atoms with Crippen molar-refractivity contribution < 1.29 is 19.1 Å². The van der Waals surface area contributed by atoms with Crippen LogP contribution in [0, 0.1) is 0 Å². The zero-order valence-corrected chi connectivity index (χ0v) is 18.6. The molecule has 3 rings (SSSR count). The summed E-state index contributed by atoms with van der Waals surface area (Å²) in [5.74, 6) is 1.41. The molecule has 0 saturated heterocycles. The Morgan fingerprint density at radius 3 is 2.58 bits per heavy atom. The summed E-state index contributed by atoms with van der Waals surface area (Å²) in [7, 11) is 0. The first-order chi connectivity index (χ1) is 15.0. The summed E-state index contributed by atoms with van der Waals surface area (Å²) in [6, 6.07) is 15.5. The molecule has 1 aromatic heterocycles. The van der Waals surface area contributed by atoms with Gasteiger partial charge < -0.3 is 19.6 Å². The van der Waals surface area contributed by atoms with Crippen LogP contribution in [0.2, 0.25) is 5.02 Å². The summed E-state index contributed by atoms with van der Waals surface area (Å²) in [6.07, 6.45) is 2.05. The van der Waals surface area contributed by atoms with E-state index < -0.39 is 0 Å². The van der Waals surface area contributed by atoms with E-state index in [1.807, 2.05) is 0 Å². The molecule has 0 bridgehead atoms. The summed E-state index contributed by atoms with van der Waals surface area (Å²) in [5.41, 5.74) is 1.77. The maximum atomic E-state index is 12.4. The lowest BCUT2D eigenvalue weighted by Crippen LogP contribution is -2.34. The third-order valence-electron chi connectivity index (χ3n) is 4.42. The van der Waals surface area contributed by atoms with Crippen molar-refractivity contribution in [2.45, 2.75) is 26.4 Å². The SMILES string of the molecule is CCCCOc1ccc(C(=O)NC(=S)Nc2ccc(-c3ccc(CO)o3)c(Cl)c2)cc1. The molecular formula is C23H23ClN2O4S. The number of furan rings is 1. The van der Waals surface area contributed by atoms with Crippen LogP contribution in [0.25, 0.3) is 11.3 Å². The van der Waals surface area contributed by atoms with E-state index >= 15 is 0 Å². The molecule has 162 valence electrons. The number of anilines is 1. The number of rotatable bonds is 8. The van der Waals surface area contributed by atoms with Gasteiger partial charge in [0, 0.05) is 16.8 Å². The average Bonchev–Trinajstić information content (AvgIpc) is 3.23. The average molecular weight is 459 g/mol. The highest BCUT2D eigenvalue weighted by atomic mass is 35.5. The fourth-order valence-corrected chi connectivity index (χ4v) is 3.26. The Balaban J connectivity index is 1.57. The van der Waals surface area contributed by atoms with Gasteiger partial charge in [-0.25, -0.2) is 0 Å². The van der Waals surface area contributed by atoms with Gasteiger partial charge in [-0.2, -0.15) is 0 Å². The zero-order valence-electron chi connectivity index (χ0n) is 17.0. The summed E-state index contributed by atoms with van der Waals surface area (Å²) in [6.45, 7) is 2.57. The van der Waals surface area contributed by atoms with Crippen LogP contribution in [0.1, 0.15) is 35.9 Å². The molecule has 0 fully saturated rings. The number of nitrogens with one attached hydrogen (secondary N) is 2. The van der Waals surface area contributed by atoms with Gasteiger partial charge in [-0.1, -0.05) is 24.9 Å². The molecule has 3 N–H and O–H groups in total. The second kappa shape index (κ2) is 10.9. The third kappa shape index (κ3) is 6.30. The summed E-state index contributed by atoms with van der Waals surface area (Å²) in [4.78, 5) is 12.4. The van der Waals surface area contributed by atoms with Crippen LogP contribution in [-0.4, -0.2) is 22.7 Å². The Labute approximate surface area is 191 Å². The number of hydrogen-bond donors (Lipinski definition) is 3. The fourth-order valence-electron chi connectivity index (χ4n) is 2.77. The van der Waals surface area contributed by atoms with E-state index in [4.69, 9.17) is 38.1 Å². The standard InChI is InChI=1S/C23H23ClN2O4S/c1-2-3-12-29-17-7-4-15(5-8-17)22(28)26-23(31)25-16-6-10-19(20(24)13-16)21-11-9-18(14-27)30-21/h4-11,13,27H,2-3,12,14H2,1H3,(H2,25,26,28,31). The highest BCUT2D eigenvalue weighted by Gasteiger charge is 2.12. The van der Waals surface area contributed by atoms with Gasteiger partial charge >= 0.3 is 0 Å². The molecule has 0 unspecified atom stereocenters. The molecule has 2 aromatic carbocycles. The predicted octanol–water partition coefficient (Wildman–Crippen LogP) is 5.40. The number of halogens is 1. The Morgan fingerprint density at radius 2 is 1.94 bits per heavy atom. The van der Waals surface area contributed by atoms with E-state index in [0.29, 0.717) is 40.0 Å². The van der Waals surface area contributed by atoms with Crippen LogP contribution in [0.4, 0.5) is 5.69 Å². The molecule has 8 heteroatoms. The lowest BCUT2D eigenvalue weighted by atomic mass is 10.1. The first kappa shape index (κ1) is 22.8. The molecule has 0 saturated carbocycles. The van der Waals surface area contributed by atoms with Crippen molar-refractivity contribution in [1.82, 2.24) is 5.32 Å². The maximum Gasteiger partial charge on any atom is 0.257 e. The molecule has 0 aliphatic carbocycles. The monoisotopic (exact) mass is 458 g/mol. The molecule has 1 heterocycles. The van der Waals surface area contributed by atoms with Crippen LogP contribution in [0.3, 0.4) is 0 Å². The van der Waals surface area contributed by atoms with Crippen molar-refractivity contribution in [1.29, 1.82) is 0 Å². The predicted molar refractivity (Wildman–Crippen MR) is 126 cm³/mol. The number of aliphatic hydroxyl groups is 1. The summed E-state index contributed by atoms with van der Waals surface area (Å²) in [5, 5.41) is 15.3. The van der Waals surface area contributed by atoms with Crippen LogP contribution in [0.5, 0.6) is 5.75 Å². The van der Waals surface area contributed by atoms with Crippen LogP contribution in [-0.2, 0) is 6.61 Å². The van der Waals surface area contributed by atoms with Gasteiger partial charge in [0.1, 0.15) is 23.9 Å². The molecule has 0 atom stereocenters. The molecule has 3 aromatic rings. The lowest BCUT2D eigenvalue weighted by Gasteiger charge is -2.11. The minimum Gasteiger partial charge on any atom is -0.494 e. The smallest absolute Gasteiger partial charge is 0.257 e. The number of benzene rings is 2. The summed E-state index contributed by atoms with van der Waals surface area (Å²) >= 11 is 11.6. The van der Waals surface area contributed by atoms with Crippen molar-refractivity contribution in [2.75, 3.05) is 11.9 Å². The molecule has 31 heavy (non-hydrogen) atoms. The van der Waals surface area contributed by atoms with Crippen molar-refractivity contribution >= 4 is 40.5 Å². The Bertz CT molecular complexity index is 1050. The van der Waals surface area contributed by atoms with E-state index in [0.717, 1.165) is 18.6 Å². The fraction of sp³-hybridized carbons (Fsp3) is 0.217. The van der Waals surface area contributed by atoms with Crippen LogP contribution >= 0.6 is 23.8 Å². The van der Waals surface area contributed by atoms with Crippen molar-refractivity contribution in [2.24, 2.45) is 0 Å². The zero-order chi connectivity index (χ0) is 22.2. The third-order valence-corrected chi connectivity index (χ3v) is 4.94. The number of carbonyl (C=O) groups is 1. The highest BCUT2D eigenvalue weighted by Crippen LogP contribution is 2.31. The molecule has 6 nitrogen and oxygen atoms in total. The minimum atomic E-state index is -0.326. The number of amides is 1. The van der Waals surface area contributed by atoms with E-state index in [-0.39, 0.29) is 17.6 Å². The topological polar surface area (TPSA) is 83.7 Å². The number of hydrogen-bond acceptors (Lipinski definition) is 5. The maximum absolute atomic E-state index is 12.4. The quantitative estimate of drug-likeness (QED) is 0.309. The number of carbonyl (C=O) groups excluding carboxylic acids is 1. The normalized spacial score (nSPS) is 10.5. The molecule has 0 aliphatic heterocycles. The van der Waals surface area contributed by atoms with E-state index in [2.05, 4.69) is 17.6 Å². The highest BCUT2D eigenvalue weighted by molar-refractivity contribution is 7.80. The molecule has 0 radical (unpaired) electrons. The first-order valence-electron chi connectivity index (χ1n) is 9.85. The molecule has 0 aliphatic rings. The van der Waals surface area contributed by atoms with Gasteiger partial charge in [0.25, 0.3) is 5.91 Å². The van der Waals surface area contributed by atoms with E-state index in [9.17, 15) is 4.79 Å². The Kier molecular flexibility index (Phi) is 8.06. The second-order valence-corrected chi connectivity index (χ2v) is 7.57. The lowest BCUT2D eigenvalue weighted by molar-refractivity contribution is 0.0977. The molecular weight excluding hydrogens is 436 g/mol. The van der Waals surface area contributed by atoms with Gasteiger partial charge in [0.05, 0.1) is 11.6 Å². The van der Waals surface area contributed by atoms with Crippen molar-refractivity contribution in [3.8, 4) is 17.1 Å². The number of aliphatic hydroxyl groups excluding tert-OH is 1. The Hall–Kier alpha value is -2.87. The van der Waals surface area contributed by atoms with Gasteiger partial charge in [0.2, 0.25) is 0 Å². The van der Waals surface area contributed by atoms with Crippen LogP contribution < -0.4 is 15.4 Å². The largest absolute Gasteiger partial charge is 0.494 e. The van der Waals surface area contributed by atoms with E-state index in [1.165, 1.54) is 0 Å². The number of thiocarbonyl (C=S) groups is 1. The van der Waals surface area contributed by atoms with Crippen LogP contribution in [0.15, 0.2) is 59.0 Å². The first-order valence-corrected chi connectivity index (χ1v) is 10.6. The summed E-state index contributed by atoms with van der Waals surface area (Å²) < 4.78 is 11.1. The van der Waals surface area contributed by atoms with Gasteiger partial charge in [0.15, 0.2) is 5.11 Å². The minimum absolute atomic E-state index is 0.151. The van der Waals surface area contributed by atoms with Crippen molar-refractivity contribution in [3.05, 3.63) is 70.9 Å². The van der Waals surface area contributed by atoms with Gasteiger partial charge in [-0.15, -0.1) is 0 Å². The second-order valence-electron chi connectivity index (χ2n) is 6.75. The van der Waals surface area contributed by atoms with Gasteiger partial charge in [-0.3, -0.25) is 10.1 Å². The molecule has 1 amide bonds.